The summed E-state index contributed by atoms with van der Waals surface area (Å²) in [5, 5.41) is 4.41. The minimum absolute atomic E-state index is 0.115. The number of amides is 2. The van der Waals surface area contributed by atoms with Gasteiger partial charge in [0.25, 0.3) is 0 Å². The number of hydrogen-bond acceptors (Lipinski definition) is 4. The van der Waals surface area contributed by atoms with Crippen molar-refractivity contribution in [1.82, 2.24) is 15.5 Å². The molecule has 2 N–H and O–H groups in total. The monoisotopic (exact) mass is 297 g/mol. The zero-order valence-corrected chi connectivity index (χ0v) is 11.1. The summed E-state index contributed by atoms with van der Waals surface area (Å²) in [6, 6.07) is 0. The Kier molecular flexibility index (Phi) is 6.21. The molecule has 9 heteroatoms. The van der Waals surface area contributed by atoms with Crippen molar-refractivity contribution >= 4 is 11.8 Å². The molecule has 1 unspecified atom stereocenters. The maximum Gasteiger partial charge on any atom is 0.405 e. The van der Waals surface area contributed by atoms with Gasteiger partial charge in [0.05, 0.1) is 19.3 Å². The van der Waals surface area contributed by atoms with Crippen LogP contribution in [0.4, 0.5) is 13.2 Å². The number of rotatable bonds is 5. The van der Waals surface area contributed by atoms with E-state index in [9.17, 15) is 22.8 Å². The minimum Gasteiger partial charge on any atom is -0.374 e. The molecule has 0 aromatic rings. The average Bonchev–Trinajstić information content (AvgIpc) is 2.34. The van der Waals surface area contributed by atoms with Gasteiger partial charge < -0.3 is 15.4 Å². The van der Waals surface area contributed by atoms with E-state index in [1.807, 2.05) is 5.32 Å². The lowest BCUT2D eigenvalue weighted by Crippen LogP contribution is -2.50. The fourth-order valence-corrected chi connectivity index (χ4v) is 1.76. The summed E-state index contributed by atoms with van der Waals surface area (Å²) < 4.78 is 41.2. The highest BCUT2D eigenvalue weighted by atomic mass is 19.4. The van der Waals surface area contributed by atoms with Crippen LogP contribution < -0.4 is 10.6 Å². The van der Waals surface area contributed by atoms with Crippen LogP contribution in [0.5, 0.6) is 0 Å². The summed E-state index contributed by atoms with van der Waals surface area (Å²) in [6.45, 7) is 1.48. The van der Waals surface area contributed by atoms with Crippen LogP contribution in [0.1, 0.15) is 6.92 Å². The quantitative estimate of drug-likeness (QED) is 0.718. The number of alkyl halides is 3. The van der Waals surface area contributed by atoms with Crippen molar-refractivity contribution in [3.8, 4) is 0 Å². The molecule has 1 aliphatic heterocycles. The molecule has 1 aliphatic rings. The zero-order chi connectivity index (χ0) is 15.2. The number of carbonyl (C=O) groups is 2. The predicted molar refractivity (Wildman–Crippen MR) is 63.9 cm³/mol. The molecule has 2 amide bonds. The van der Waals surface area contributed by atoms with Crippen LogP contribution in [-0.4, -0.2) is 68.3 Å². The summed E-state index contributed by atoms with van der Waals surface area (Å²) in [5.74, 6) is -0.865. The number of nitrogens with zero attached hydrogens (tertiary/aromatic N) is 1. The Labute approximate surface area is 114 Å². The van der Waals surface area contributed by atoms with E-state index in [2.05, 4.69) is 5.32 Å². The predicted octanol–water partition coefficient (Wildman–Crippen LogP) is -0.498. The lowest BCUT2D eigenvalue weighted by atomic mass is 10.2. The topological polar surface area (TPSA) is 70.7 Å². The standard InChI is InChI=1S/C11H18F3N3O3/c1-8(18)15-4-9-5-17(2-3-20-9)6-10(19)16-7-11(12,13)14/h9H,2-7H2,1H3,(H,15,18)(H,16,19). The van der Waals surface area contributed by atoms with E-state index in [1.165, 1.54) is 6.92 Å². The Balaban J connectivity index is 2.29. The summed E-state index contributed by atoms with van der Waals surface area (Å²) in [7, 11) is 0. The molecule has 1 heterocycles. The molecule has 0 spiro atoms. The molecule has 116 valence electrons. The summed E-state index contributed by atoms with van der Waals surface area (Å²) in [4.78, 5) is 23.8. The van der Waals surface area contributed by atoms with E-state index in [4.69, 9.17) is 4.74 Å². The third-order valence-electron chi connectivity index (χ3n) is 2.65. The average molecular weight is 297 g/mol. The first-order valence-electron chi connectivity index (χ1n) is 6.18. The molecule has 0 bridgehead atoms. The smallest absolute Gasteiger partial charge is 0.374 e. The normalized spacial score (nSPS) is 20.5. The molecule has 1 saturated heterocycles. The van der Waals surface area contributed by atoms with Crippen molar-refractivity contribution in [2.75, 3.05) is 39.3 Å². The SMILES string of the molecule is CC(=O)NCC1CN(CC(=O)NCC(F)(F)F)CCO1. The fraction of sp³-hybridized carbons (Fsp3) is 0.818. The first-order chi connectivity index (χ1) is 9.26. The molecule has 0 aromatic carbocycles. The molecule has 20 heavy (non-hydrogen) atoms. The highest BCUT2D eigenvalue weighted by Gasteiger charge is 2.28. The van der Waals surface area contributed by atoms with E-state index in [1.54, 1.807) is 4.90 Å². The van der Waals surface area contributed by atoms with Crippen LogP contribution in [0.3, 0.4) is 0 Å². The van der Waals surface area contributed by atoms with Gasteiger partial charge in [-0.2, -0.15) is 13.2 Å². The van der Waals surface area contributed by atoms with Gasteiger partial charge >= 0.3 is 6.18 Å². The third-order valence-corrected chi connectivity index (χ3v) is 2.65. The second-order valence-electron chi connectivity index (χ2n) is 4.56. The Morgan fingerprint density at radius 1 is 1.35 bits per heavy atom. The molecule has 0 radical (unpaired) electrons. The molecular formula is C11H18F3N3O3. The summed E-state index contributed by atoms with van der Waals surface area (Å²) in [6.07, 6.45) is -4.67. The van der Waals surface area contributed by atoms with Gasteiger partial charge in [0, 0.05) is 26.6 Å². The maximum absolute atomic E-state index is 11.9. The van der Waals surface area contributed by atoms with Crippen LogP contribution in [0.25, 0.3) is 0 Å². The molecule has 1 fully saturated rings. The van der Waals surface area contributed by atoms with Crippen molar-refractivity contribution in [2.45, 2.75) is 19.2 Å². The number of halogens is 3. The van der Waals surface area contributed by atoms with E-state index in [0.717, 1.165) is 0 Å². The van der Waals surface area contributed by atoms with Gasteiger partial charge in [-0.1, -0.05) is 0 Å². The van der Waals surface area contributed by atoms with E-state index in [-0.39, 0.29) is 18.6 Å². The number of ether oxygens (including phenoxy) is 1. The Morgan fingerprint density at radius 3 is 2.65 bits per heavy atom. The van der Waals surface area contributed by atoms with E-state index in [0.29, 0.717) is 26.2 Å². The lowest BCUT2D eigenvalue weighted by molar-refractivity contribution is -0.140. The van der Waals surface area contributed by atoms with Gasteiger partial charge in [0.1, 0.15) is 6.54 Å². The molecule has 0 aliphatic carbocycles. The number of nitrogens with one attached hydrogen (secondary N) is 2. The summed E-state index contributed by atoms with van der Waals surface area (Å²) in [5.41, 5.74) is 0. The third kappa shape index (κ3) is 7.29. The van der Waals surface area contributed by atoms with E-state index >= 15 is 0 Å². The Morgan fingerprint density at radius 2 is 2.05 bits per heavy atom. The van der Waals surface area contributed by atoms with Crippen LogP contribution in [0.2, 0.25) is 0 Å². The van der Waals surface area contributed by atoms with Crippen molar-refractivity contribution in [3.63, 3.8) is 0 Å². The van der Waals surface area contributed by atoms with E-state index < -0.39 is 18.6 Å². The maximum atomic E-state index is 11.9. The van der Waals surface area contributed by atoms with Crippen LogP contribution >= 0.6 is 0 Å². The van der Waals surface area contributed by atoms with Crippen LogP contribution in [0.15, 0.2) is 0 Å². The van der Waals surface area contributed by atoms with Crippen molar-refractivity contribution in [1.29, 1.82) is 0 Å². The number of morpholine rings is 1. The molecule has 0 saturated carbocycles. The van der Waals surface area contributed by atoms with Gasteiger partial charge in [0.2, 0.25) is 11.8 Å². The van der Waals surface area contributed by atoms with Crippen molar-refractivity contribution in [2.24, 2.45) is 0 Å². The second kappa shape index (κ2) is 7.44. The molecule has 1 rings (SSSR count). The fourth-order valence-electron chi connectivity index (χ4n) is 1.76. The number of hydrogen-bond donors (Lipinski definition) is 2. The number of carbonyl (C=O) groups excluding carboxylic acids is 2. The van der Waals surface area contributed by atoms with Gasteiger partial charge in [0.15, 0.2) is 0 Å². The second-order valence-corrected chi connectivity index (χ2v) is 4.56. The van der Waals surface area contributed by atoms with Gasteiger partial charge in [-0.3, -0.25) is 14.5 Å². The van der Waals surface area contributed by atoms with Crippen molar-refractivity contribution in [3.05, 3.63) is 0 Å². The minimum atomic E-state index is -4.41. The zero-order valence-electron chi connectivity index (χ0n) is 11.1. The van der Waals surface area contributed by atoms with Crippen LogP contribution in [0, 0.1) is 0 Å². The molecule has 6 nitrogen and oxygen atoms in total. The molecular weight excluding hydrogens is 279 g/mol. The largest absolute Gasteiger partial charge is 0.405 e. The van der Waals surface area contributed by atoms with Gasteiger partial charge in [-0.05, 0) is 0 Å². The first-order valence-corrected chi connectivity index (χ1v) is 6.18. The van der Waals surface area contributed by atoms with Crippen LogP contribution in [-0.2, 0) is 14.3 Å². The molecule has 0 aromatic heterocycles. The summed E-state index contributed by atoms with van der Waals surface area (Å²) >= 11 is 0. The van der Waals surface area contributed by atoms with Crippen molar-refractivity contribution < 1.29 is 27.5 Å². The highest BCUT2D eigenvalue weighted by Crippen LogP contribution is 2.12. The molecule has 1 atom stereocenters. The van der Waals surface area contributed by atoms with Gasteiger partial charge in [-0.15, -0.1) is 0 Å². The first kappa shape index (κ1) is 16.7. The lowest BCUT2D eigenvalue weighted by Gasteiger charge is -2.32. The Bertz CT molecular complexity index is 350. The Hall–Kier alpha value is -1.35. The highest BCUT2D eigenvalue weighted by molar-refractivity contribution is 5.78. The van der Waals surface area contributed by atoms with Gasteiger partial charge in [-0.25, -0.2) is 0 Å².